The van der Waals surface area contributed by atoms with E-state index in [0.717, 1.165) is 0 Å². The number of benzene rings is 1. The van der Waals surface area contributed by atoms with Crippen LogP contribution < -0.4 is 10.1 Å². The Morgan fingerprint density at radius 3 is 2.80 bits per heavy atom. The number of hydrogen-bond donors (Lipinski definition) is 1. The summed E-state index contributed by atoms with van der Waals surface area (Å²) in [5.41, 5.74) is 1.31. The predicted octanol–water partition coefficient (Wildman–Crippen LogP) is 4.24. The molecule has 128 valence electrons. The Kier molecular flexibility index (Phi) is 4.95. The largest absolute Gasteiger partial charge is 0.433 e. The number of alkyl halides is 2. The molecular formula is C17H12ClF2N3O2. The maximum absolute atomic E-state index is 12.4. The molecule has 1 amide bonds. The van der Waals surface area contributed by atoms with Gasteiger partial charge in [-0.15, -0.1) is 0 Å². The van der Waals surface area contributed by atoms with Crippen LogP contribution in [0.5, 0.6) is 5.75 Å². The lowest BCUT2D eigenvalue weighted by Gasteiger charge is -2.10. The van der Waals surface area contributed by atoms with Gasteiger partial charge in [0, 0.05) is 12.3 Å². The van der Waals surface area contributed by atoms with Crippen molar-refractivity contribution in [2.75, 3.05) is 5.32 Å². The van der Waals surface area contributed by atoms with Gasteiger partial charge in [0.15, 0.2) is 5.15 Å². The number of fused-ring (bicyclic) bond motifs is 1. The average Bonchev–Trinajstić information content (AvgIpc) is 2.89. The van der Waals surface area contributed by atoms with Gasteiger partial charge in [-0.2, -0.15) is 8.78 Å². The van der Waals surface area contributed by atoms with Crippen LogP contribution in [-0.4, -0.2) is 21.9 Å². The van der Waals surface area contributed by atoms with Gasteiger partial charge in [-0.3, -0.25) is 9.20 Å². The molecule has 3 aromatic rings. The fourth-order valence-electron chi connectivity index (χ4n) is 2.23. The van der Waals surface area contributed by atoms with E-state index < -0.39 is 12.5 Å². The maximum atomic E-state index is 12.4. The number of hydrogen-bond acceptors (Lipinski definition) is 3. The minimum atomic E-state index is -2.98. The number of nitrogens with zero attached hydrogens (tertiary/aromatic N) is 2. The Balaban J connectivity index is 1.79. The zero-order valence-corrected chi connectivity index (χ0v) is 13.5. The summed E-state index contributed by atoms with van der Waals surface area (Å²) in [7, 11) is 0. The zero-order chi connectivity index (χ0) is 17.8. The van der Waals surface area contributed by atoms with Crippen LogP contribution in [0.15, 0.2) is 54.7 Å². The first-order valence-electron chi connectivity index (χ1n) is 7.20. The molecule has 1 N–H and O–H groups in total. The molecule has 3 rings (SSSR count). The Morgan fingerprint density at radius 1 is 1.24 bits per heavy atom. The van der Waals surface area contributed by atoms with Crippen molar-refractivity contribution < 1.29 is 18.3 Å². The van der Waals surface area contributed by atoms with E-state index >= 15 is 0 Å². The van der Waals surface area contributed by atoms with Crippen molar-refractivity contribution in [3.05, 3.63) is 65.6 Å². The highest BCUT2D eigenvalue weighted by atomic mass is 35.5. The van der Waals surface area contributed by atoms with Gasteiger partial charge in [0.05, 0.1) is 11.4 Å². The van der Waals surface area contributed by atoms with Gasteiger partial charge < -0.3 is 10.1 Å². The van der Waals surface area contributed by atoms with Crippen molar-refractivity contribution in [3.8, 4) is 5.75 Å². The van der Waals surface area contributed by atoms with Crippen molar-refractivity contribution in [3.63, 3.8) is 0 Å². The number of imidazole rings is 1. The Labute approximate surface area is 146 Å². The molecule has 0 aliphatic carbocycles. The van der Waals surface area contributed by atoms with Crippen LogP contribution in [0.25, 0.3) is 11.7 Å². The molecule has 0 aliphatic rings. The van der Waals surface area contributed by atoms with Crippen molar-refractivity contribution in [2.24, 2.45) is 0 Å². The number of rotatable bonds is 5. The Bertz CT molecular complexity index is 941. The Morgan fingerprint density at radius 2 is 2.00 bits per heavy atom. The fraction of sp³-hybridized carbons (Fsp3) is 0.0588. The van der Waals surface area contributed by atoms with E-state index in [1.807, 2.05) is 6.07 Å². The van der Waals surface area contributed by atoms with E-state index in [4.69, 9.17) is 11.6 Å². The lowest BCUT2D eigenvalue weighted by atomic mass is 10.3. The minimum Gasteiger partial charge on any atom is -0.433 e. The summed E-state index contributed by atoms with van der Waals surface area (Å²) in [6.45, 7) is -2.98. The molecule has 8 heteroatoms. The average molecular weight is 364 g/mol. The summed E-state index contributed by atoms with van der Waals surface area (Å²) in [4.78, 5) is 16.2. The summed E-state index contributed by atoms with van der Waals surface area (Å²) in [5, 5.41) is 2.74. The monoisotopic (exact) mass is 363 g/mol. The number of para-hydroxylation sites is 2. The van der Waals surface area contributed by atoms with E-state index in [0.29, 0.717) is 11.3 Å². The molecule has 0 aliphatic heterocycles. The van der Waals surface area contributed by atoms with E-state index in [1.165, 1.54) is 30.4 Å². The molecule has 0 radical (unpaired) electrons. The summed E-state index contributed by atoms with van der Waals surface area (Å²) in [5.74, 6) is -0.639. The second-order valence-electron chi connectivity index (χ2n) is 4.91. The maximum Gasteiger partial charge on any atom is 0.387 e. The third-order valence-electron chi connectivity index (χ3n) is 3.28. The number of pyridine rings is 1. The van der Waals surface area contributed by atoms with Gasteiger partial charge >= 0.3 is 6.61 Å². The fourth-order valence-corrected chi connectivity index (χ4v) is 2.47. The van der Waals surface area contributed by atoms with Gasteiger partial charge in [0.1, 0.15) is 11.4 Å². The molecule has 0 atom stereocenters. The van der Waals surface area contributed by atoms with E-state index in [1.54, 1.807) is 28.8 Å². The molecule has 1 aromatic carbocycles. The number of aromatic nitrogens is 2. The first-order valence-corrected chi connectivity index (χ1v) is 7.58. The molecule has 0 saturated carbocycles. The van der Waals surface area contributed by atoms with Gasteiger partial charge in [-0.25, -0.2) is 4.98 Å². The molecule has 2 aromatic heterocycles. The quantitative estimate of drug-likeness (QED) is 0.690. The number of nitrogens with one attached hydrogen (secondary N) is 1. The molecule has 0 saturated heterocycles. The molecule has 25 heavy (non-hydrogen) atoms. The van der Waals surface area contributed by atoms with Crippen LogP contribution in [0.2, 0.25) is 5.15 Å². The van der Waals surface area contributed by atoms with Gasteiger partial charge in [-0.05, 0) is 30.3 Å². The van der Waals surface area contributed by atoms with Crippen LogP contribution in [0.3, 0.4) is 0 Å². The molecule has 0 spiro atoms. The van der Waals surface area contributed by atoms with E-state index in [9.17, 15) is 13.6 Å². The summed E-state index contributed by atoms with van der Waals surface area (Å²) >= 11 is 6.08. The van der Waals surface area contributed by atoms with Crippen LogP contribution in [0.1, 0.15) is 5.69 Å². The second-order valence-corrected chi connectivity index (χ2v) is 5.27. The third-order valence-corrected chi connectivity index (χ3v) is 3.55. The summed E-state index contributed by atoms with van der Waals surface area (Å²) in [6.07, 6.45) is 4.49. The number of ether oxygens (including phenoxy) is 1. The number of amides is 1. The zero-order valence-electron chi connectivity index (χ0n) is 12.7. The molecule has 0 fully saturated rings. The Hall–Kier alpha value is -2.93. The molecule has 5 nitrogen and oxygen atoms in total. The van der Waals surface area contributed by atoms with E-state index in [2.05, 4.69) is 15.0 Å². The summed E-state index contributed by atoms with van der Waals surface area (Å²) < 4.78 is 30.9. The van der Waals surface area contributed by atoms with Crippen molar-refractivity contribution in [1.82, 2.24) is 9.38 Å². The second kappa shape index (κ2) is 7.31. The predicted molar refractivity (Wildman–Crippen MR) is 90.9 cm³/mol. The van der Waals surface area contributed by atoms with E-state index in [-0.39, 0.29) is 16.6 Å². The lowest BCUT2D eigenvalue weighted by molar-refractivity contribution is -0.111. The van der Waals surface area contributed by atoms with Gasteiger partial charge in [0.2, 0.25) is 5.91 Å². The van der Waals surface area contributed by atoms with Crippen LogP contribution >= 0.6 is 11.6 Å². The van der Waals surface area contributed by atoms with Crippen molar-refractivity contribution in [2.45, 2.75) is 6.61 Å². The highest BCUT2D eigenvalue weighted by molar-refractivity contribution is 6.31. The molecule has 2 heterocycles. The highest BCUT2D eigenvalue weighted by Gasteiger charge is 2.11. The van der Waals surface area contributed by atoms with Crippen molar-refractivity contribution >= 4 is 34.9 Å². The first kappa shape index (κ1) is 16.9. The van der Waals surface area contributed by atoms with Gasteiger partial charge in [0.25, 0.3) is 0 Å². The third kappa shape index (κ3) is 3.95. The SMILES string of the molecule is O=C(/C=C/c1c(Cl)nc2ccccn12)Nc1ccccc1OC(F)F. The lowest BCUT2D eigenvalue weighted by Crippen LogP contribution is -2.11. The smallest absolute Gasteiger partial charge is 0.387 e. The standard InChI is InChI=1S/C17H12ClF2N3O2/c18-16-12(23-10-4-3-7-14(23)22-16)8-9-15(24)21-11-5-1-2-6-13(11)25-17(19)20/h1-10,17H,(H,21,24)/b9-8+. The van der Waals surface area contributed by atoms with Gasteiger partial charge in [-0.1, -0.05) is 29.8 Å². The number of anilines is 1. The highest BCUT2D eigenvalue weighted by Crippen LogP contribution is 2.25. The number of halogens is 3. The van der Waals surface area contributed by atoms with Crippen LogP contribution in [-0.2, 0) is 4.79 Å². The normalized spacial score (nSPS) is 11.4. The molecule has 0 bridgehead atoms. The minimum absolute atomic E-state index is 0.118. The van der Waals surface area contributed by atoms with Crippen molar-refractivity contribution in [1.29, 1.82) is 0 Å². The number of carbonyl (C=O) groups is 1. The number of carbonyl (C=O) groups excluding carboxylic acids is 1. The first-order chi connectivity index (χ1) is 12.0. The molecule has 0 unspecified atom stereocenters. The summed E-state index contributed by atoms with van der Waals surface area (Å²) in [6, 6.07) is 11.3. The molecular weight excluding hydrogens is 352 g/mol. The van der Waals surface area contributed by atoms with Crippen LogP contribution in [0, 0.1) is 0 Å². The van der Waals surface area contributed by atoms with Crippen LogP contribution in [0.4, 0.5) is 14.5 Å². The topological polar surface area (TPSA) is 55.6 Å².